The molecule has 0 unspecified atom stereocenters. The molecule has 0 atom stereocenters. The first kappa shape index (κ1) is 19.3. The Kier molecular flexibility index (Phi) is 5.99. The minimum absolute atomic E-state index is 0.164. The van der Waals surface area contributed by atoms with Crippen molar-refractivity contribution >= 4 is 71.2 Å². The van der Waals surface area contributed by atoms with Crippen LogP contribution in [-0.4, -0.2) is 18.2 Å². The number of benzene rings is 2. The second-order valence-electron chi connectivity index (χ2n) is 5.58. The molecule has 0 radical (unpaired) electrons. The maximum atomic E-state index is 12.9. The van der Waals surface area contributed by atoms with E-state index in [9.17, 15) is 4.79 Å². The average molecular weight is 543 g/mol. The standard InChI is InChI=1S/C19H15Br3N2O2/c1-3-26-18-12(8-14(21)10-17(18)22)9-16-11(2)23-24(19(16)25)15-6-4-13(20)5-7-15/h4-10H,3H2,1-2H3. The maximum absolute atomic E-state index is 12.9. The van der Waals surface area contributed by atoms with E-state index in [-0.39, 0.29) is 5.91 Å². The Balaban J connectivity index is 2.01. The van der Waals surface area contributed by atoms with Crippen molar-refractivity contribution in [2.75, 3.05) is 11.6 Å². The highest BCUT2D eigenvalue weighted by atomic mass is 79.9. The van der Waals surface area contributed by atoms with Gasteiger partial charge in [-0.15, -0.1) is 0 Å². The predicted octanol–water partition coefficient (Wildman–Crippen LogP) is 6.18. The Morgan fingerprint density at radius 1 is 1.12 bits per heavy atom. The highest BCUT2D eigenvalue weighted by Crippen LogP contribution is 2.35. The summed E-state index contributed by atoms with van der Waals surface area (Å²) in [5.74, 6) is 0.536. The van der Waals surface area contributed by atoms with Crippen LogP contribution in [0.3, 0.4) is 0 Å². The van der Waals surface area contributed by atoms with E-state index in [1.54, 1.807) is 0 Å². The summed E-state index contributed by atoms with van der Waals surface area (Å²) in [5, 5.41) is 5.84. The molecule has 134 valence electrons. The fraction of sp³-hybridized carbons (Fsp3) is 0.158. The summed E-state index contributed by atoms with van der Waals surface area (Å²) in [6.07, 6.45) is 1.82. The van der Waals surface area contributed by atoms with Crippen molar-refractivity contribution in [3.05, 3.63) is 61.0 Å². The van der Waals surface area contributed by atoms with Crippen molar-refractivity contribution in [2.24, 2.45) is 5.10 Å². The lowest BCUT2D eigenvalue weighted by molar-refractivity contribution is -0.114. The van der Waals surface area contributed by atoms with E-state index < -0.39 is 0 Å². The molecule has 1 aliphatic rings. The van der Waals surface area contributed by atoms with Crippen LogP contribution in [0, 0.1) is 0 Å². The van der Waals surface area contributed by atoms with Gasteiger partial charge in [0.2, 0.25) is 0 Å². The Morgan fingerprint density at radius 3 is 2.46 bits per heavy atom. The van der Waals surface area contributed by atoms with E-state index in [1.807, 2.05) is 56.3 Å². The molecule has 1 amide bonds. The lowest BCUT2D eigenvalue weighted by atomic mass is 10.1. The third-order valence-electron chi connectivity index (χ3n) is 3.76. The Morgan fingerprint density at radius 2 is 1.81 bits per heavy atom. The SMILES string of the molecule is CCOc1c(Br)cc(Br)cc1C=C1C(=O)N(c2ccc(Br)cc2)N=C1C. The van der Waals surface area contributed by atoms with Gasteiger partial charge in [0.1, 0.15) is 5.75 Å². The summed E-state index contributed by atoms with van der Waals surface area (Å²) >= 11 is 10.4. The molecule has 2 aromatic rings. The van der Waals surface area contributed by atoms with Crippen LogP contribution in [0.2, 0.25) is 0 Å². The van der Waals surface area contributed by atoms with Crippen molar-refractivity contribution in [3.8, 4) is 5.75 Å². The minimum Gasteiger partial charge on any atom is -0.492 e. The molecular formula is C19H15Br3N2O2. The monoisotopic (exact) mass is 540 g/mol. The largest absolute Gasteiger partial charge is 0.492 e. The van der Waals surface area contributed by atoms with E-state index in [2.05, 4.69) is 52.9 Å². The molecule has 0 saturated heterocycles. The van der Waals surface area contributed by atoms with Crippen molar-refractivity contribution in [1.29, 1.82) is 0 Å². The van der Waals surface area contributed by atoms with Gasteiger partial charge in [-0.25, -0.2) is 0 Å². The van der Waals surface area contributed by atoms with Crippen LogP contribution in [-0.2, 0) is 4.79 Å². The highest BCUT2D eigenvalue weighted by molar-refractivity contribution is 9.11. The number of carbonyl (C=O) groups is 1. The van der Waals surface area contributed by atoms with Gasteiger partial charge in [-0.3, -0.25) is 4.79 Å². The van der Waals surface area contributed by atoms with Crippen LogP contribution >= 0.6 is 47.8 Å². The molecule has 7 heteroatoms. The van der Waals surface area contributed by atoms with Crippen LogP contribution in [0.4, 0.5) is 5.69 Å². The van der Waals surface area contributed by atoms with Gasteiger partial charge >= 0.3 is 0 Å². The number of amides is 1. The summed E-state index contributed by atoms with van der Waals surface area (Å²) < 4.78 is 8.41. The zero-order valence-corrected chi connectivity index (χ0v) is 18.9. The molecule has 3 rings (SSSR count). The van der Waals surface area contributed by atoms with Gasteiger partial charge in [-0.1, -0.05) is 31.9 Å². The lowest BCUT2D eigenvalue weighted by Gasteiger charge is -2.13. The topological polar surface area (TPSA) is 41.9 Å². The number of halogens is 3. The van der Waals surface area contributed by atoms with Gasteiger partial charge in [-0.2, -0.15) is 10.1 Å². The number of hydrogen-bond acceptors (Lipinski definition) is 3. The molecule has 0 N–H and O–H groups in total. The number of hydrogen-bond donors (Lipinski definition) is 0. The Bertz CT molecular complexity index is 921. The predicted molar refractivity (Wildman–Crippen MR) is 116 cm³/mol. The first-order chi connectivity index (χ1) is 12.4. The van der Waals surface area contributed by atoms with E-state index in [0.29, 0.717) is 23.6 Å². The molecule has 1 heterocycles. The molecule has 2 aromatic carbocycles. The maximum Gasteiger partial charge on any atom is 0.280 e. The molecule has 26 heavy (non-hydrogen) atoms. The Hall–Kier alpha value is -1.44. The lowest BCUT2D eigenvalue weighted by Crippen LogP contribution is -2.21. The smallest absolute Gasteiger partial charge is 0.280 e. The van der Waals surface area contributed by atoms with Crippen LogP contribution < -0.4 is 9.75 Å². The first-order valence-electron chi connectivity index (χ1n) is 7.90. The quantitative estimate of drug-likeness (QED) is 0.433. The zero-order valence-electron chi connectivity index (χ0n) is 14.1. The number of rotatable bonds is 4. The second-order valence-corrected chi connectivity index (χ2v) is 8.26. The Labute approximate surface area is 177 Å². The minimum atomic E-state index is -0.164. The summed E-state index contributed by atoms with van der Waals surface area (Å²) in [7, 11) is 0. The van der Waals surface area contributed by atoms with Gasteiger partial charge in [0.15, 0.2) is 0 Å². The van der Waals surface area contributed by atoms with Gasteiger partial charge in [0.05, 0.1) is 28.1 Å². The molecular weight excluding hydrogens is 528 g/mol. The third-order valence-corrected chi connectivity index (χ3v) is 5.33. The van der Waals surface area contributed by atoms with E-state index >= 15 is 0 Å². The normalized spacial score (nSPS) is 15.6. The van der Waals surface area contributed by atoms with E-state index in [4.69, 9.17) is 4.74 Å². The number of anilines is 1. The van der Waals surface area contributed by atoms with Gasteiger partial charge < -0.3 is 4.74 Å². The van der Waals surface area contributed by atoms with Crippen LogP contribution in [0.5, 0.6) is 5.75 Å². The van der Waals surface area contributed by atoms with Crippen molar-refractivity contribution in [2.45, 2.75) is 13.8 Å². The summed E-state index contributed by atoms with van der Waals surface area (Å²) in [6, 6.07) is 11.3. The molecule has 0 bridgehead atoms. The highest BCUT2D eigenvalue weighted by Gasteiger charge is 2.29. The van der Waals surface area contributed by atoms with Crippen molar-refractivity contribution in [3.63, 3.8) is 0 Å². The van der Waals surface area contributed by atoms with E-state index in [0.717, 1.165) is 24.7 Å². The molecule has 4 nitrogen and oxygen atoms in total. The molecule has 0 fully saturated rings. The summed E-state index contributed by atoms with van der Waals surface area (Å²) in [4.78, 5) is 12.9. The molecule has 0 aromatic heterocycles. The molecule has 1 aliphatic heterocycles. The zero-order chi connectivity index (χ0) is 18.8. The van der Waals surface area contributed by atoms with Gasteiger partial charge in [0, 0.05) is 14.5 Å². The number of hydrazone groups is 1. The summed E-state index contributed by atoms with van der Waals surface area (Å²) in [5.41, 5.74) is 2.74. The fourth-order valence-electron chi connectivity index (χ4n) is 2.58. The summed E-state index contributed by atoms with van der Waals surface area (Å²) in [6.45, 7) is 4.28. The van der Waals surface area contributed by atoms with Crippen LogP contribution in [0.25, 0.3) is 6.08 Å². The average Bonchev–Trinajstić information content (AvgIpc) is 2.87. The van der Waals surface area contributed by atoms with Crippen molar-refractivity contribution in [1.82, 2.24) is 0 Å². The molecule has 0 aliphatic carbocycles. The molecule has 0 saturated carbocycles. The van der Waals surface area contributed by atoms with Gasteiger partial charge in [-0.05, 0) is 72.3 Å². The van der Waals surface area contributed by atoms with Crippen LogP contribution in [0.15, 0.2) is 60.5 Å². The number of nitrogens with zero attached hydrogens (tertiary/aromatic N) is 2. The van der Waals surface area contributed by atoms with Crippen LogP contribution in [0.1, 0.15) is 19.4 Å². The third kappa shape index (κ3) is 3.94. The molecule has 0 spiro atoms. The van der Waals surface area contributed by atoms with Gasteiger partial charge in [0.25, 0.3) is 5.91 Å². The number of ether oxygens (including phenoxy) is 1. The second kappa shape index (κ2) is 8.06. The fourth-order valence-corrected chi connectivity index (χ4v) is 4.22. The first-order valence-corrected chi connectivity index (χ1v) is 10.3. The number of carbonyl (C=O) groups excluding carboxylic acids is 1. The van der Waals surface area contributed by atoms with Crippen molar-refractivity contribution < 1.29 is 9.53 Å². The van der Waals surface area contributed by atoms with E-state index in [1.165, 1.54) is 5.01 Å².